The van der Waals surface area contributed by atoms with Gasteiger partial charge in [-0.25, -0.2) is 9.37 Å². The van der Waals surface area contributed by atoms with Gasteiger partial charge in [0.15, 0.2) is 5.82 Å². The molecule has 2 aliphatic heterocycles. The molecule has 4 aromatic rings. The van der Waals surface area contributed by atoms with Gasteiger partial charge in [0.2, 0.25) is 5.91 Å². The number of fused-ring (bicyclic) bond motifs is 1. The van der Waals surface area contributed by atoms with Crippen LogP contribution in [-0.4, -0.2) is 66.6 Å². The summed E-state index contributed by atoms with van der Waals surface area (Å²) in [5, 5.41) is 7.04. The van der Waals surface area contributed by atoms with Crippen LogP contribution in [0, 0.1) is 11.7 Å². The van der Waals surface area contributed by atoms with Crippen LogP contribution in [0.5, 0.6) is 0 Å². The number of hydrogen-bond donors (Lipinski definition) is 1. The summed E-state index contributed by atoms with van der Waals surface area (Å²) < 4.78 is 16.1. The van der Waals surface area contributed by atoms with Gasteiger partial charge in [-0.05, 0) is 69.1 Å². The van der Waals surface area contributed by atoms with Crippen molar-refractivity contribution in [3.63, 3.8) is 0 Å². The van der Waals surface area contributed by atoms with E-state index >= 15 is 0 Å². The van der Waals surface area contributed by atoms with Gasteiger partial charge in [-0.15, -0.1) is 0 Å². The van der Waals surface area contributed by atoms with Gasteiger partial charge in [0.25, 0.3) is 0 Å². The van der Waals surface area contributed by atoms with Crippen LogP contribution in [0.15, 0.2) is 54.9 Å². The van der Waals surface area contributed by atoms with Crippen LogP contribution in [0.4, 0.5) is 4.39 Å². The Morgan fingerprint density at radius 3 is 2.56 bits per heavy atom. The van der Waals surface area contributed by atoms with Crippen LogP contribution in [0.2, 0.25) is 0 Å². The SMILES string of the molecule is O=C(C1CCN(Cc2ccn[nH]2)CC1)N1CCC(n2c(-c3ccccn3)nc3cc(F)ccc32)CC1. The normalized spacial score (nSPS) is 18.2. The third-order valence-corrected chi connectivity index (χ3v) is 7.58. The lowest BCUT2D eigenvalue weighted by Gasteiger charge is -2.38. The molecule has 1 aromatic carbocycles. The van der Waals surface area contributed by atoms with Gasteiger partial charge in [-0.2, -0.15) is 5.10 Å². The van der Waals surface area contributed by atoms with Gasteiger partial charge in [-0.3, -0.25) is 19.8 Å². The third-order valence-electron chi connectivity index (χ3n) is 7.58. The molecule has 5 heterocycles. The minimum atomic E-state index is -0.296. The molecule has 0 radical (unpaired) electrons. The second-order valence-corrected chi connectivity index (χ2v) is 9.84. The van der Waals surface area contributed by atoms with Crippen LogP contribution >= 0.6 is 0 Å². The lowest BCUT2D eigenvalue weighted by Crippen LogP contribution is -2.45. The van der Waals surface area contributed by atoms with E-state index in [9.17, 15) is 9.18 Å². The number of benzene rings is 1. The minimum Gasteiger partial charge on any atom is -0.342 e. The Labute approximate surface area is 209 Å². The van der Waals surface area contributed by atoms with Crippen LogP contribution in [-0.2, 0) is 11.3 Å². The van der Waals surface area contributed by atoms with Gasteiger partial charge in [0.05, 0.1) is 11.0 Å². The number of imidazole rings is 1. The van der Waals surface area contributed by atoms with Crippen molar-refractivity contribution < 1.29 is 9.18 Å². The zero-order valence-electron chi connectivity index (χ0n) is 20.2. The molecule has 0 atom stereocenters. The molecule has 0 bridgehead atoms. The van der Waals surface area contributed by atoms with Crippen molar-refractivity contribution in [2.24, 2.45) is 5.92 Å². The number of nitrogens with zero attached hydrogens (tertiary/aromatic N) is 6. The Balaban J connectivity index is 1.13. The van der Waals surface area contributed by atoms with Crippen molar-refractivity contribution in [2.45, 2.75) is 38.3 Å². The molecule has 9 heteroatoms. The number of amides is 1. The predicted molar refractivity (Wildman–Crippen MR) is 134 cm³/mol. The maximum atomic E-state index is 13.9. The summed E-state index contributed by atoms with van der Waals surface area (Å²) in [5.41, 5.74) is 3.43. The van der Waals surface area contributed by atoms with E-state index in [-0.39, 0.29) is 23.7 Å². The number of aromatic amines is 1. The highest BCUT2D eigenvalue weighted by atomic mass is 19.1. The van der Waals surface area contributed by atoms with Crippen molar-refractivity contribution in [1.29, 1.82) is 0 Å². The molecule has 2 saturated heterocycles. The number of H-pyrrole nitrogens is 1. The molecule has 2 aliphatic rings. The summed E-state index contributed by atoms with van der Waals surface area (Å²) in [6.07, 6.45) is 7.00. The number of rotatable bonds is 5. The summed E-state index contributed by atoms with van der Waals surface area (Å²) >= 11 is 0. The lowest BCUT2D eigenvalue weighted by molar-refractivity contribution is -0.138. The van der Waals surface area contributed by atoms with E-state index in [2.05, 4.69) is 24.6 Å². The largest absolute Gasteiger partial charge is 0.342 e. The van der Waals surface area contributed by atoms with E-state index in [1.165, 1.54) is 12.1 Å². The number of pyridine rings is 1. The van der Waals surface area contributed by atoms with Gasteiger partial charge < -0.3 is 9.47 Å². The molecular formula is C27H30FN7O. The van der Waals surface area contributed by atoms with E-state index in [0.717, 1.165) is 81.1 Å². The van der Waals surface area contributed by atoms with Crippen LogP contribution in [0.25, 0.3) is 22.6 Å². The minimum absolute atomic E-state index is 0.0979. The molecule has 3 aromatic heterocycles. The smallest absolute Gasteiger partial charge is 0.225 e. The second-order valence-electron chi connectivity index (χ2n) is 9.84. The molecule has 36 heavy (non-hydrogen) atoms. The number of carbonyl (C=O) groups excluding carboxylic acids is 1. The quantitative estimate of drug-likeness (QED) is 0.460. The van der Waals surface area contributed by atoms with Gasteiger partial charge in [0, 0.05) is 55.7 Å². The Bertz CT molecular complexity index is 1320. The second kappa shape index (κ2) is 9.81. The molecule has 0 aliphatic carbocycles. The van der Waals surface area contributed by atoms with Gasteiger partial charge >= 0.3 is 0 Å². The van der Waals surface area contributed by atoms with Crippen molar-refractivity contribution in [3.8, 4) is 11.5 Å². The van der Waals surface area contributed by atoms with E-state index in [0.29, 0.717) is 5.52 Å². The number of piperidine rings is 2. The van der Waals surface area contributed by atoms with Crippen LogP contribution in [0.1, 0.15) is 37.4 Å². The first kappa shape index (κ1) is 22.8. The number of carbonyl (C=O) groups is 1. The Morgan fingerprint density at radius 1 is 1.00 bits per heavy atom. The molecule has 1 N–H and O–H groups in total. The van der Waals surface area contributed by atoms with Gasteiger partial charge in [0.1, 0.15) is 11.5 Å². The molecule has 1 amide bonds. The summed E-state index contributed by atoms with van der Waals surface area (Å²) in [7, 11) is 0. The van der Waals surface area contributed by atoms with Crippen molar-refractivity contribution in [2.75, 3.05) is 26.2 Å². The number of nitrogens with one attached hydrogen (secondary N) is 1. The summed E-state index contributed by atoms with van der Waals surface area (Å²) in [4.78, 5) is 27.0. The number of aromatic nitrogens is 5. The molecule has 0 saturated carbocycles. The van der Waals surface area contributed by atoms with E-state index < -0.39 is 0 Å². The first-order chi connectivity index (χ1) is 17.7. The Hall–Kier alpha value is -3.59. The van der Waals surface area contributed by atoms with Gasteiger partial charge in [-0.1, -0.05) is 6.07 Å². The molecule has 2 fully saturated rings. The highest BCUT2D eigenvalue weighted by Crippen LogP contribution is 2.34. The predicted octanol–water partition coefficient (Wildman–Crippen LogP) is 4.04. The fourth-order valence-electron chi connectivity index (χ4n) is 5.67. The average molecular weight is 488 g/mol. The van der Waals surface area contributed by atoms with Crippen molar-refractivity contribution in [1.82, 2.24) is 34.5 Å². The molecule has 6 rings (SSSR count). The number of halogens is 1. The molecule has 8 nitrogen and oxygen atoms in total. The molecule has 0 spiro atoms. The lowest BCUT2D eigenvalue weighted by atomic mass is 9.93. The fourth-order valence-corrected chi connectivity index (χ4v) is 5.67. The maximum Gasteiger partial charge on any atom is 0.225 e. The van der Waals surface area contributed by atoms with E-state index in [4.69, 9.17) is 4.98 Å². The summed E-state index contributed by atoms with van der Waals surface area (Å²) in [5.74, 6) is 0.846. The topological polar surface area (TPSA) is 82.9 Å². The fraction of sp³-hybridized carbons (Fsp3) is 0.407. The third kappa shape index (κ3) is 4.51. The maximum absolute atomic E-state index is 13.9. The number of hydrogen-bond acceptors (Lipinski definition) is 5. The van der Waals surface area contributed by atoms with Crippen LogP contribution in [0.3, 0.4) is 0 Å². The molecule has 0 unspecified atom stereocenters. The van der Waals surface area contributed by atoms with Crippen LogP contribution < -0.4 is 0 Å². The average Bonchev–Trinajstić information content (AvgIpc) is 3.57. The Morgan fingerprint density at radius 2 is 1.83 bits per heavy atom. The van der Waals surface area contributed by atoms with Crippen molar-refractivity contribution >= 4 is 16.9 Å². The first-order valence-corrected chi connectivity index (χ1v) is 12.7. The molecule has 186 valence electrons. The van der Waals surface area contributed by atoms with E-state index in [1.54, 1.807) is 18.5 Å². The summed E-state index contributed by atoms with van der Waals surface area (Å²) in [6.45, 7) is 4.16. The monoisotopic (exact) mass is 487 g/mol. The summed E-state index contributed by atoms with van der Waals surface area (Å²) in [6, 6.07) is 12.7. The zero-order chi connectivity index (χ0) is 24.5. The highest BCUT2D eigenvalue weighted by Gasteiger charge is 2.32. The number of likely N-dealkylation sites (tertiary alicyclic amines) is 2. The van der Waals surface area contributed by atoms with Crippen molar-refractivity contribution in [3.05, 3.63) is 66.4 Å². The highest BCUT2D eigenvalue weighted by molar-refractivity contribution is 5.81. The molecular weight excluding hydrogens is 457 g/mol. The first-order valence-electron chi connectivity index (χ1n) is 12.7. The Kier molecular flexibility index (Phi) is 6.23. The van der Waals surface area contributed by atoms with E-state index in [1.807, 2.05) is 29.2 Å². The zero-order valence-corrected chi connectivity index (χ0v) is 20.2. The standard InChI is InChI=1S/C27H30FN7O/c28-20-4-5-25-24(17-20)31-26(23-3-1-2-11-29-23)35(25)22-9-15-34(16-10-22)27(36)19-7-13-33(14-8-19)18-21-6-12-30-32-21/h1-6,11-12,17,19,22H,7-10,13-16,18H2,(H,30,32).